The van der Waals surface area contributed by atoms with Crippen molar-refractivity contribution in [2.45, 2.75) is 0 Å². The summed E-state index contributed by atoms with van der Waals surface area (Å²) in [6.45, 7) is 0. The molecule has 5 rings (SSSR count). The van der Waals surface area contributed by atoms with Gasteiger partial charge in [0.1, 0.15) is 11.4 Å². The molecule has 156 valence electrons. The van der Waals surface area contributed by atoms with E-state index in [4.69, 9.17) is 11.6 Å². The lowest BCUT2D eigenvalue weighted by molar-refractivity contribution is 0.0950. The minimum Gasteiger partial charge on any atom is -0.508 e. The van der Waals surface area contributed by atoms with Gasteiger partial charge < -0.3 is 10.1 Å². The summed E-state index contributed by atoms with van der Waals surface area (Å²) in [5.41, 5.74) is 6.58. The molecule has 1 amide bonds. The molecule has 0 saturated heterocycles. The molecule has 6 nitrogen and oxygen atoms in total. The van der Waals surface area contributed by atoms with Crippen molar-refractivity contribution in [1.29, 1.82) is 0 Å². The maximum Gasteiger partial charge on any atom is 0.289 e. The van der Waals surface area contributed by atoms with Crippen molar-refractivity contribution in [2.24, 2.45) is 5.10 Å². The summed E-state index contributed by atoms with van der Waals surface area (Å²) in [4.78, 5) is 20.9. The highest BCUT2D eigenvalue weighted by Gasteiger charge is 2.17. The van der Waals surface area contributed by atoms with Gasteiger partial charge in [0, 0.05) is 32.4 Å². The van der Waals surface area contributed by atoms with Crippen molar-refractivity contribution in [2.75, 3.05) is 0 Å². The first-order valence-electron chi connectivity index (χ1n) is 9.89. The molecule has 3 aromatic carbocycles. The van der Waals surface area contributed by atoms with Crippen LogP contribution >= 0.6 is 11.6 Å². The van der Waals surface area contributed by atoms with Crippen LogP contribution in [0.1, 0.15) is 16.1 Å². The Bertz CT molecular complexity index is 1490. The second kappa shape index (κ2) is 8.17. The largest absolute Gasteiger partial charge is 0.508 e. The topological polar surface area (TPSA) is 90.4 Å². The quantitative estimate of drug-likeness (QED) is 0.254. The zero-order valence-electron chi connectivity index (χ0n) is 16.7. The first kappa shape index (κ1) is 19.8. The number of H-pyrrole nitrogens is 1. The van der Waals surface area contributed by atoms with Gasteiger partial charge in [-0.15, -0.1) is 0 Å². The molecule has 0 atom stereocenters. The van der Waals surface area contributed by atoms with E-state index < -0.39 is 5.91 Å². The van der Waals surface area contributed by atoms with Crippen molar-refractivity contribution in [3.8, 4) is 17.0 Å². The van der Waals surface area contributed by atoms with Crippen LogP contribution in [-0.2, 0) is 0 Å². The minimum atomic E-state index is -0.444. The Balaban J connectivity index is 1.58. The Morgan fingerprint density at radius 1 is 1.00 bits per heavy atom. The molecule has 0 saturated carbocycles. The molecule has 0 fully saturated rings. The molecule has 0 aliphatic heterocycles. The molecule has 0 unspecified atom stereocenters. The number of phenols is 1. The lowest BCUT2D eigenvalue weighted by Crippen LogP contribution is -2.19. The van der Waals surface area contributed by atoms with Crippen molar-refractivity contribution in [3.05, 3.63) is 95.1 Å². The van der Waals surface area contributed by atoms with Gasteiger partial charge in [0.25, 0.3) is 5.91 Å². The number of para-hydroxylation sites is 1. The third kappa shape index (κ3) is 3.68. The van der Waals surface area contributed by atoms with Gasteiger partial charge in [0.05, 0.1) is 17.4 Å². The molecule has 0 radical (unpaired) electrons. The molecule has 2 aromatic heterocycles. The predicted molar refractivity (Wildman–Crippen MR) is 127 cm³/mol. The maximum atomic E-state index is 12.9. The van der Waals surface area contributed by atoms with Crippen LogP contribution in [0.5, 0.6) is 5.75 Å². The molecule has 0 bridgehead atoms. The number of phenolic OH excluding ortho intramolecular Hbond substituents is 1. The number of halogens is 1. The van der Waals surface area contributed by atoms with Gasteiger partial charge in [-0.3, -0.25) is 4.79 Å². The number of carbonyl (C=O) groups is 1. The zero-order valence-corrected chi connectivity index (χ0v) is 17.5. The number of aromatic amines is 1. The minimum absolute atomic E-state index is 0.157. The fourth-order valence-electron chi connectivity index (χ4n) is 3.59. The lowest BCUT2D eigenvalue weighted by Gasteiger charge is -2.07. The van der Waals surface area contributed by atoms with Crippen molar-refractivity contribution in [3.63, 3.8) is 0 Å². The molecular weight excluding hydrogens is 424 g/mol. The highest BCUT2D eigenvalue weighted by molar-refractivity contribution is 6.33. The normalized spacial score (nSPS) is 11.4. The summed E-state index contributed by atoms with van der Waals surface area (Å²) in [5, 5.41) is 16.1. The number of fused-ring (bicyclic) bond motifs is 3. The summed E-state index contributed by atoms with van der Waals surface area (Å²) in [6.07, 6.45) is 1.49. The van der Waals surface area contributed by atoms with Crippen molar-refractivity contribution >= 4 is 45.5 Å². The Labute approximate surface area is 188 Å². The highest BCUT2D eigenvalue weighted by Crippen LogP contribution is 2.33. The fourth-order valence-corrected chi connectivity index (χ4v) is 3.77. The van der Waals surface area contributed by atoms with Gasteiger partial charge in [-0.1, -0.05) is 48.0 Å². The van der Waals surface area contributed by atoms with E-state index in [1.165, 1.54) is 6.21 Å². The fraction of sp³-hybridized carbons (Fsp3) is 0. The SMILES string of the molecule is O=C(N/N=C/c1ccccc1Cl)c1cc2c([nH]c3ccccc32)c(-c2ccc(O)cc2)n1. The Morgan fingerprint density at radius 2 is 1.75 bits per heavy atom. The number of benzene rings is 3. The van der Waals surface area contributed by atoms with E-state index in [1.807, 2.05) is 36.4 Å². The molecule has 2 heterocycles. The van der Waals surface area contributed by atoms with Gasteiger partial charge in [0.15, 0.2) is 0 Å². The Hall–Kier alpha value is -4.16. The molecule has 0 aliphatic rings. The van der Waals surface area contributed by atoms with E-state index in [0.29, 0.717) is 16.3 Å². The van der Waals surface area contributed by atoms with Crippen LogP contribution in [0.25, 0.3) is 33.1 Å². The van der Waals surface area contributed by atoms with Gasteiger partial charge in [0.2, 0.25) is 0 Å². The first-order valence-corrected chi connectivity index (χ1v) is 10.3. The summed E-state index contributed by atoms with van der Waals surface area (Å²) in [5.74, 6) is -0.287. The number of aromatic nitrogens is 2. The number of hydrazone groups is 1. The van der Waals surface area contributed by atoms with Crippen molar-refractivity contribution < 1.29 is 9.90 Å². The molecule has 0 aliphatic carbocycles. The zero-order chi connectivity index (χ0) is 22.1. The van der Waals surface area contributed by atoms with Crippen LogP contribution in [0.4, 0.5) is 0 Å². The number of hydrogen-bond donors (Lipinski definition) is 3. The predicted octanol–water partition coefficient (Wildman–Crippen LogP) is 5.51. The number of rotatable bonds is 4. The second-order valence-electron chi connectivity index (χ2n) is 7.22. The maximum absolute atomic E-state index is 12.9. The van der Waals surface area contributed by atoms with Crippen molar-refractivity contribution in [1.82, 2.24) is 15.4 Å². The summed E-state index contributed by atoms with van der Waals surface area (Å²) < 4.78 is 0. The van der Waals surface area contributed by atoms with Crippen LogP contribution in [-0.4, -0.2) is 27.2 Å². The molecule has 5 aromatic rings. The summed E-state index contributed by atoms with van der Waals surface area (Å²) >= 11 is 6.13. The number of nitrogens with zero attached hydrogens (tertiary/aromatic N) is 2. The van der Waals surface area contributed by atoms with E-state index in [0.717, 1.165) is 27.4 Å². The van der Waals surface area contributed by atoms with Gasteiger partial charge in [-0.25, -0.2) is 10.4 Å². The number of aromatic hydroxyl groups is 1. The van der Waals surface area contributed by atoms with Crippen LogP contribution in [0, 0.1) is 0 Å². The van der Waals surface area contributed by atoms with Gasteiger partial charge in [-0.2, -0.15) is 5.10 Å². The molecular formula is C25H17ClN4O2. The molecule has 32 heavy (non-hydrogen) atoms. The smallest absolute Gasteiger partial charge is 0.289 e. The van der Waals surface area contributed by atoms with E-state index in [-0.39, 0.29) is 11.4 Å². The number of pyridine rings is 1. The molecule has 3 N–H and O–H groups in total. The monoisotopic (exact) mass is 440 g/mol. The second-order valence-corrected chi connectivity index (χ2v) is 7.62. The first-order chi connectivity index (χ1) is 15.6. The van der Waals surface area contributed by atoms with Crippen LogP contribution in [0.15, 0.2) is 84.0 Å². The standard InChI is InChI=1S/C25H17ClN4O2/c26-20-7-3-1-5-16(20)14-27-30-25(32)22-13-19-18-6-2-4-8-21(18)28-24(19)23(29-22)15-9-11-17(31)12-10-15/h1-14,28,31H,(H,30,32)/b27-14+. The summed E-state index contributed by atoms with van der Waals surface area (Å²) in [7, 11) is 0. The highest BCUT2D eigenvalue weighted by atomic mass is 35.5. The number of amides is 1. The van der Waals surface area contributed by atoms with Gasteiger partial charge >= 0.3 is 0 Å². The Kier molecular flexibility index (Phi) is 5.05. The average molecular weight is 441 g/mol. The Morgan fingerprint density at radius 3 is 2.56 bits per heavy atom. The number of hydrogen-bond acceptors (Lipinski definition) is 4. The third-order valence-corrected chi connectivity index (χ3v) is 5.49. The van der Waals surface area contributed by atoms with E-state index in [2.05, 4.69) is 20.5 Å². The molecule has 7 heteroatoms. The van der Waals surface area contributed by atoms with E-state index in [1.54, 1.807) is 42.5 Å². The number of carbonyl (C=O) groups excluding carboxylic acids is 1. The van der Waals surface area contributed by atoms with Crippen LogP contribution < -0.4 is 5.43 Å². The van der Waals surface area contributed by atoms with Gasteiger partial charge in [-0.05, 0) is 42.5 Å². The average Bonchev–Trinajstić information content (AvgIpc) is 3.19. The lowest BCUT2D eigenvalue weighted by atomic mass is 10.1. The summed E-state index contributed by atoms with van der Waals surface area (Å²) in [6, 6.07) is 23.5. The number of nitrogens with one attached hydrogen (secondary N) is 2. The molecule has 0 spiro atoms. The van der Waals surface area contributed by atoms with Crippen LogP contribution in [0.2, 0.25) is 5.02 Å². The van der Waals surface area contributed by atoms with E-state index in [9.17, 15) is 9.90 Å². The third-order valence-electron chi connectivity index (χ3n) is 5.14. The van der Waals surface area contributed by atoms with E-state index >= 15 is 0 Å². The van der Waals surface area contributed by atoms with Crippen LogP contribution in [0.3, 0.4) is 0 Å².